The molecule has 1 N–H and O–H groups in total. The summed E-state index contributed by atoms with van der Waals surface area (Å²) in [6.07, 6.45) is 5.10. The Morgan fingerprint density at radius 3 is 2.57 bits per heavy atom. The molecule has 2 rings (SSSR count). The summed E-state index contributed by atoms with van der Waals surface area (Å²) in [5, 5.41) is 3.39. The molecular weight excluding hydrogens is 309 g/mol. The standard InChI is InChI=1S/C16H11Cl2NO2/c1-2-10-21-12-8-6-11(7-9-12)16(20)19-14-5-3-4-13(17)15(14)18/h1,3-9H,10H2,(H,19,20). The van der Waals surface area contributed by atoms with Gasteiger partial charge in [0.25, 0.3) is 5.91 Å². The van der Waals surface area contributed by atoms with Crippen molar-refractivity contribution >= 4 is 34.8 Å². The third-order valence-corrected chi connectivity index (χ3v) is 3.46. The van der Waals surface area contributed by atoms with Crippen LogP contribution in [-0.4, -0.2) is 12.5 Å². The number of nitrogens with one attached hydrogen (secondary N) is 1. The molecule has 2 aromatic carbocycles. The Labute approximate surface area is 132 Å². The van der Waals surface area contributed by atoms with E-state index in [2.05, 4.69) is 11.2 Å². The van der Waals surface area contributed by atoms with Gasteiger partial charge in [0, 0.05) is 5.56 Å². The molecule has 0 bridgehead atoms. The summed E-state index contributed by atoms with van der Waals surface area (Å²) in [5.74, 6) is 2.68. The fourth-order valence-corrected chi connectivity index (χ4v) is 1.97. The van der Waals surface area contributed by atoms with E-state index >= 15 is 0 Å². The van der Waals surface area contributed by atoms with Crippen LogP contribution in [0.1, 0.15) is 10.4 Å². The van der Waals surface area contributed by atoms with Crippen LogP contribution in [0.2, 0.25) is 10.0 Å². The Kier molecular flexibility index (Phi) is 5.10. The predicted molar refractivity (Wildman–Crippen MR) is 85.2 cm³/mol. The lowest BCUT2D eigenvalue weighted by Gasteiger charge is -2.09. The van der Waals surface area contributed by atoms with Gasteiger partial charge in [-0.2, -0.15) is 0 Å². The third-order valence-electron chi connectivity index (χ3n) is 2.64. The van der Waals surface area contributed by atoms with Gasteiger partial charge in [-0.3, -0.25) is 4.79 Å². The fourth-order valence-electron chi connectivity index (χ4n) is 1.62. The maximum Gasteiger partial charge on any atom is 0.255 e. The summed E-state index contributed by atoms with van der Waals surface area (Å²) in [4.78, 5) is 12.1. The maximum absolute atomic E-state index is 12.1. The molecule has 0 aliphatic heterocycles. The number of rotatable bonds is 4. The zero-order valence-corrected chi connectivity index (χ0v) is 12.4. The highest BCUT2D eigenvalue weighted by molar-refractivity contribution is 6.44. The zero-order chi connectivity index (χ0) is 15.2. The van der Waals surface area contributed by atoms with Crippen molar-refractivity contribution in [1.29, 1.82) is 0 Å². The highest BCUT2D eigenvalue weighted by atomic mass is 35.5. The fraction of sp³-hybridized carbons (Fsp3) is 0.0625. The van der Waals surface area contributed by atoms with Crippen molar-refractivity contribution in [3.8, 4) is 18.1 Å². The van der Waals surface area contributed by atoms with Crippen LogP contribution in [0, 0.1) is 12.3 Å². The quantitative estimate of drug-likeness (QED) is 0.855. The minimum absolute atomic E-state index is 0.184. The summed E-state index contributed by atoms with van der Waals surface area (Å²) in [7, 11) is 0. The molecule has 0 saturated heterocycles. The van der Waals surface area contributed by atoms with E-state index in [4.69, 9.17) is 34.4 Å². The number of carbonyl (C=O) groups excluding carboxylic acids is 1. The van der Waals surface area contributed by atoms with Crippen LogP contribution in [0.3, 0.4) is 0 Å². The summed E-state index contributed by atoms with van der Waals surface area (Å²) < 4.78 is 5.24. The second kappa shape index (κ2) is 7.03. The lowest BCUT2D eigenvalue weighted by molar-refractivity contribution is 0.102. The number of amides is 1. The molecule has 3 nitrogen and oxygen atoms in total. The van der Waals surface area contributed by atoms with E-state index in [1.54, 1.807) is 42.5 Å². The first-order valence-electron chi connectivity index (χ1n) is 6.03. The van der Waals surface area contributed by atoms with Gasteiger partial charge in [-0.25, -0.2) is 0 Å². The van der Waals surface area contributed by atoms with Crippen LogP contribution in [0.4, 0.5) is 5.69 Å². The van der Waals surface area contributed by atoms with Crippen LogP contribution in [0.25, 0.3) is 0 Å². The summed E-state index contributed by atoms with van der Waals surface area (Å²) >= 11 is 11.9. The number of ether oxygens (including phenoxy) is 1. The van der Waals surface area contributed by atoms with Crippen molar-refractivity contribution in [2.45, 2.75) is 0 Å². The molecule has 0 unspecified atom stereocenters. The van der Waals surface area contributed by atoms with Crippen molar-refractivity contribution < 1.29 is 9.53 Å². The molecule has 0 saturated carbocycles. The summed E-state index contributed by atoms with van der Waals surface area (Å²) in [6.45, 7) is 0.184. The molecule has 2 aromatic rings. The van der Waals surface area contributed by atoms with Gasteiger partial charge in [0.05, 0.1) is 15.7 Å². The largest absolute Gasteiger partial charge is 0.481 e. The van der Waals surface area contributed by atoms with E-state index in [9.17, 15) is 4.79 Å². The highest BCUT2D eigenvalue weighted by Crippen LogP contribution is 2.29. The molecule has 106 valence electrons. The smallest absolute Gasteiger partial charge is 0.255 e. The second-order valence-corrected chi connectivity index (χ2v) is 4.86. The molecule has 0 aromatic heterocycles. The minimum Gasteiger partial charge on any atom is -0.481 e. The Hall–Kier alpha value is -2.15. The lowest BCUT2D eigenvalue weighted by atomic mass is 10.2. The van der Waals surface area contributed by atoms with Crippen LogP contribution < -0.4 is 10.1 Å². The van der Waals surface area contributed by atoms with Crippen molar-refractivity contribution in [3.63, 3.8) is 0 Å². The summed E-state index contributed by atoms with van der Waals surface area (Å²) in [5.41, 5.74) is 0.931. The molecule has 0 aliphatic carbocycles. The van der Waals surface area contributed by atoms with E-state index < -0.39 is 0 Å². The first-order valence-corrected chi connectivity index (χ1v) is 6.79. The molecular formula is C16H11Cl2NO2. The monoisotopic (exact) mass is 319 g/mol. The molecule has 5 heteroatoms. The predicted octanol–water partition coefficient (Wildman–Crippen LogP) is 4.26. The van der Waals surface area contributed by atoms with Gasteiger partial charge in [-0.15, -0.1) is 6.42 Å². The van der Waals surface area contributed by atoms with E-state index in [1.165, 1.54) is 0 Å². The van der Waals surface area contributed by atoms with Gasteiger partial charge in [0.15, 0.2) is 0 Å². The van der Waals surface area contributed by atoms with Gasteiger partial charge in [-0.1, -0.05) is 35.2 Å². The number of anilines is 1. The van der Waals surface area contributed by atoms with Crippen LogP contribution >= 0.6 is 23.2 Å². The first-order chi connectivity index (χ1) is 10.1. The van der Waals surface area contributed by atoms with Gasteiger partial charge < -0.3 is 10.1 Å². The van der Waals surface area contributed by atoms with Crippen molar-refractivity contribution in [2.24, 2.45) is 0 Å². The van der Waals surface area contributed by atoms with Gasteiger partial charge in [-0.05, 0) is 36.4 Å². The van der Waals surface area contributed by atoms with Crippen molar-refractivity contribution in [3.05, 3.63) is 58.1 Å². The van der Waals surface area contributed by atoms with Crippen LogP contribution in [0.5, 0.6) is 5.75 Å². The molecule has 0 fully saturated rings. The minimum atomic E-state index is -0.289. The Bertz CT molecular complexity index is 690. The van der Waals surface area contributed by atoms with Crippen LogP contribution in [-0.2, 0) is 0 Å². The van der Waals surface area contributed by atoms with Crippen molar-refractivity contribution in [1.82, 2.24) is 0 Å². The van der Waals surface area contributed by atoms with E-state index in [0.717, 1.165) is 0 Å². The first kappa shape index (κ1) is 15.2. The van der Waals surface area contributed by atoms with E-state index in [0.29, 0.717) is 27.0 Å². The molecule has 0 aliphatic rings. The average Bonchev–Trinajstić information content (AvgIpc) is 2.50. The average molecular weight is 320 g/mol. The lowest BCUT2D eigenvalue weighted by Crippen LogP contribution is -2.12. The number of hydrogen-bond acceptors (Lipinski definition) is 2. The van der Waals surface area contributed by atoms with Gasteiger partial charge in [0.1, 0.15) is 12.4 Å². The Morgan fingerprint density at radius 2 is 1.90 bits per heavy atom. The van der Waals surface area contributed by atoms with E-state index in [-0.39, 0.29) is 12.5 Å². The molecule has 0 atom stereocenters. The molecule has 0 heterocycles. The number of benzene rings is 2. The molecule has 0 spiro atoms. The molecule has 0 radical (unpaired) electrons. The zero-order valence-electron chi connectivity index (χ0n) is 10.9. The topological polar surface area (TPSA) is 38.3 Å². The second-order valence-electron chi connectivity index (χ2n) is 4.07. The molecule has 1 amide bonds. The van der Waals surface area contributed by atoms with Gasteiger partial charge in [0.2, 0.25) is 0 Å². The summed E-state index contributed by atoms with van der Waals surface area (Å²) in [6, 6.07) is 11.7. The van der Waals surface area contributed by atoms with Crippen LogP contribution in [0.15, 0.2) is 42.5 Å². The Morgan fingerprint density at radius 1 is 1.19 bits per heavy atom. The van der Waals surface area contributed by atoms with Gasteiger partial charge >= 0.3 is 0 Å². The number of terminal acetylenes is 1. The SMILES string of the molecule is C#CCOc1ccc(C(=O)Nc2cccc(Cl)c2Cl)cc1. The number of hydrogen-bond donors (Lipinski definition) is 1. The van der Waals surface area contributed by atoms with E-state index in [1.807, 2.05) is 0 Å². The normalized spacial score (nSPS) is 9.76. The Balaban J connectivity index is 2.10. The van der Waals surface area contributed by atoms with Crippen molar-refractivity contribution in [2.75, 3.05) is 11.9 Å². The number of halogens is 2. The molecule has 21 heavy (non-hydrogen) atoms. The maximum atomic E-state index is 12.1. The third kappa shape index (κ3) is 3.91. The number of carbonyl (C=O) groups is 1. The highest BCUT2D eigenvalue weighted by Gasteiger charge is 2.10.